The van der Waals surface area contributed by atoms with E-state index in [1.807, 2.05) is 36.1 Å². The van der Waals surface area contributed by atoms with Gasteiger partial charge in [0.1, 0.15) is 0 Å². The summed E-state index contributed by atoms with van der Waals surface area (Å²) in [5.74, 6) is 0.449. The van der Waals surface area contributed by atoms with Gasteiger partial charge in [0, 0.05) is 17.1 Å². The SMILES string of the molecule is Cc1c(C(=O)N2CC(CN)CC2C)cnn1-c1ccc(Br)cc1. The molecule has 1 amide bonds. The second kappa shape index (κ2) is 6.45. The third kappa shape index (κ3) is 3.05. The van der Waals surface area contributed by atoms with Crippen molar-refractivity contribution in [1.82, 2.24) is 14.7 Å². The van der Waals surface area contributed by atoms with E-state index in [4.69, 9.17) is 5.73 Å². The molecule has 6 heteroatoms. The van der Waals surface area contributed by atoms with E-state index < -0.39 is 0 Å². The predicted molar refractivity (Wildman–Crippen MR) is 93.7 cm³/mol. The zero-order valence-corrected chi connectivity index (χ0v) is 15.0. The molecule has 2 unspecified atom stereocenters. The number of nitrogens with zero attached hydrogens (tertiary/aromatic N) is 3. The van der Waals surface area contributed by atoms with E-state index in [0.717, 1.165) is 28.8 Å². The molecule has 0 saturated carbocycles. The number of amides is 1. The van der Waals surface area contributed by atoms with E-state index in [0.29, 0.717) is 18.0 Å². The summed E-state index contributed by atoms with van der Waals surface area (Å²) in [6, 6.07) is 8.10. The highest BCUT2D eigenvalue weighted by Crippen LogP contribution is 2.25. The Morgan fingerprint density at radius 1 is 1.39 bits per heavy atom. The maximum Gasteiger partial charge on any atom is 0.257 e. The topological polar surface area (TPSA) is 64.2 Å². The maximum absolute atomic E-state index is 12.9. The number of carbonyl (C=O) groups is 1. The van der Waals surface area contributed by atoms with Gasteiger partial charge in [-0.15, -0.1) is 0 Å². The molecule has 2 N–H and O–H groups in total. The van der Waals surface area contributed by atoms with E-state index in [1.165, 1.54) is 0 Å². The summed E-state index contributed by atoms with van der Waals surface area (Å²) in [5.41, 5.74) is 8.23. The average Bonchev–Trinajstić information content (AvgIpc) is 3.10. The smallest absolute Gasteiger partial charge is 0.257 e. The third-order valence-corrected chi connectivity index (χ3v) is 5.10. The minimum atomic E-state index is 0.0503. The number of carbonyl (C=O) groups excluding carboxylic acids is 1. The summed E-state index contributed by atoms with van der Waals surface area (Å²) >= 11 is 3.43. The summed E-state index contributed by atoms with van der Waals surface area (Å²) in [6.07, 6.45) is 2.64. The molecule has 2 atom stereocenters. The summed E-state index contributed by atoms with van der Waals surface area (Å²) in [6.45, 7) is 5.39. The third-order valence-electron chi connectivity index (χ3n) is 4.57. The van der Waals surface area contributed by atoms with Crippen LogP contribution in [0.25, 0.3) is 5.69 Å². The number of nitrogens with two attached hydrogens (primary N) is 1. The largest absolute Gasteiger partial charge is 0.335 e. The van der Waals surface area contributed by atoms with Crippen molar-refractivity contribution >= 4 is 21.8 Å². The molecule has 1 fully saturated rings. The van der Waals surface area contributed by atoms with Crippen molar-refractivity contribution < 1.29 is 4.79 Å². The second-order valence-corrected chi connectivity index (χ2v) is 7.09. The molecule has 3 rings (SSSR count). The monoisotopic (exact) mass is 376 g/mol. The van der Waals surface area contributed by atoms with Gasteiger partial charge >= 0.3 is 0 Å². The lowest BCUT2D eigenvalue weighted by Crippen LogP contribution is -2.34. The molecule has 0 spiro atoms. The summed E-state index contributed by atoms with van der Waals surface area (Å²) in [5, 5.41) is 4.40. The quantitative estimate of drug-likeness (QED) is 0.895. The molecule has 1 aromatic heterocycles. The molecule has 1 aliphatic heterocycles. The summed E-state index contributed by atoms with van der Waals surface area (Å²) < 4.78 is 2.82. The number of rotatable bonds is 3. The Bertz CT molecular complexity index is 710. The molecule has 5 nitrogen and oxygen atoms in total. The van der Waals surface area contributed by atoms with E-state index in [9.17, 15) is 4.79 Å². The molecule has 1 saturated heterocycles. The molecular formula is C17H21BrN4O. The number of aromatic nitrogens is 2. The molecule has 2 heterocycles. The van der Waals surface area contributed by atoms with Crippen LogP contribution in [0.3, 0.4) is 0 Å². The Morgan fingerprint density at radius 2 is 2.09 bits per heavy atom. The van der Waals surface area contributed by atoms with Crippen LogP contribution in [-0.2, 0) is 0 Å². The molecule has 23 heavy (non-hydrogen) atoms. The first-order valence-electron chi connectivity index (χ1n) is 7.83. The number of likely N-dealkylation sites (tertiary alicyclic amines) is 1. The minimum Gasteiger partial charge on any atom is -0.335 e. The van der Waals surface area contributed by atoms with Crippen molar-refractivity contribution in [3.8, 4) is 5.69 Å². The van der Waals surface area contributed by atoms with Crippen molar-refractivity contribution in [2.24, 2.45) is 11.7 Å². The minimum absolute atomic E-state index is 0.0503. The van der Waals surface area contributed by atoms with Gasteiger partial charge in [0.2, 0.25) is 0 Å². The highest BCUT2D eigenvalue weighted by atomic mass is 79.9. The van der Waals surface area contributed by atoms with Gasteiger partial charge in [-0.25, -0.2) is 4.68 Å². The summed E-state index contributed by atoms with van der Waals surface area (Å²) in [4.78, 5) is 14.8. The Morgan fingerprint density at radius 3 is 2.70 bits per heavy atom. The van der Waals surface area contributed by atoms with Gasteiger partial charge in [0.15, 0.2) is 0 Å². The molecular weight excluding hydrogens is 356 g/mol. The highest BCUT2D eigenvalue weighted by Gasteiger charge is 2.33. The number of hydrogen-bond donors (Lipinski definition) is 1. The van der Waals surface area contributed by atoms with Gasteiger partial charge in [-0.05, 0) is 57.0 Å². The van der Waals surface area contributed by atoms with Crippen LogP contribution in [0.1, 0.15) is 29.4 Å². The fourth-order valence-electron chi connectivity index (χ4n) is 3.21. The molecule has 0 aliphatic carbocycles. The van der Waals surface area contributed by atoms with Crippen LogP contribution in [0, 0.1) is 12.8 Å². The van der Waals surface area contributed by atoms with Gasteiger partial charge in [-0.3, -0.25) is 4.79 Å². The molecule has 2 aromatic rings. The fraction of sp³-hybridized carbons (Fsp3) is 0.412. The average molecular weight is 377 g/mol. The van der Waals surface area contributed by atoms with Gasteiger partial charge < -0.3 is 10.6 Å². The summed E-state index contributed by atoms with van der Waals surface area (Å²) in [7, 11) is 0. The Kier molecular flexibility index (Phi) is 4.55. The Labute approximate surface area is 144 Å². The van der Waals surface area contributed by atoms with Crippen LogP contribution in [-0.4, -0.2) is 39.7 Å². The lowest BCUT2D eigenvalue weighted by atomic mass is 10.1. The van der Waals surface area contributed by atoms with E-state index >= 15 is 0 Å². The van der Waals surface area contributed by atoms with Crippen LogP contribution in [0.2, 0.25) is 0 Å². The fourth-order valence-corrected chi connectivity index (χ4v) is 3.48. The zero-order chi connectivity index (χ0) is 16.6. The first-order valence-corrected chi connectivity index (χ1v) is 8.62. The van der Waals surface area contributed by atoms with Crippen LogP contribution in [0.5, 0.6) is 0 Å². The van der Waals surface area contributed by atoms with E-state index in [1.54, 1.807) is 10.9 Å². The number of halogens is 1. The maximum atomic E-state index is 12.9. The van der Waals surface area contributed by atoms with Crippen molar-refractivity contribution in [2.45, 2.75) is 26.3 Å². The molecule has 122 valence electrons. The molecule has 0 bridgehead atoms. The number of benzene rings is 1. The van der Waals surface area contributed by atoms with E-state index in [2.05, 4.69) is 28.0 Å². The van der Waals surface area contributed by atoms with Crippen LogP contribution in [0.4, 0.5) is 0 Å². The molecule has 0 radical (unpaired) electrons. The van der Waals surface area contributed by atoms with Gasteiger partial charge in [0.25, 0.3) is 5.91 Å². The van der Waals surface area contributed by atoms with Crippen molar-refractivity contribution in [3.63, 3.8) is 0 Å². The normalized spacial score (nSPS) is 21.0. The van der Waals surface area contributed by atoms with Gasteiger partial charge in [0.05, 0.1) is 23.1 Å². The first kappa shape index (κ1) is 16.2. The Balaban J connectivity index is 1.87. The highest BCUT2D eigenvalue weighted by molar-refractivity contribution is 9.10. The van der Waals surface area contributed by atoms with Crippen molar-refractivity contribution in [3.05, 3.63) is 46.2 Å². The Hall–Kier alpha value is -1.66. The molecule has 1 aliphatic rings. The second-order valence-electron chi connectivity index (χ2n) is 6.18. The van der Waals surface area contributed by atoms with Crippen LogP contribution < -0.4 is 5.73 Å². The zero-order valence-electron chi connectivity index (χ0n) is 13.4. The lowest BCUT2D eigenvalue weighted by molar-refractivity contribution is 0.0742. The van der Waals surface area contributed by atoms with Crippen molar-refractivity contribution in [1.29, 1.82) is 0 Å². The molecule has 1 aromatic carbocycles. The number of hydrogen-bond acceptors (Lipinski definition) is 3. The van der Waals surface area contributed by atoms with Crippen LogP contribution in [0.15, 0.2) is 34.9 Å². The van der Waals surface area contributed by atoms with E-state index in [-0.39, 0.29) is 11.9 Å². The standard InChI is InChI=1S/C17H21BrN4O/c1-11-7-13(8-19)10-21(11)17(23)16-9-20-22(12(16)2)15-5-3-14(18)4-6-15/h3-6,9,11,13H,7-8,10,19H2,1-2H3. The van der Waals surface area contributed by atoms with Gasteiger partial charge in [-0.1, -0.05) is 15.9 Å². The van der Waals surface area contributed by atoms with Gasteiger partial charge in [-0.2, -0.15) is 5.10 Å². The van der Waals surface area contributed by atoms with Crippen molar-refractivity contribution in [2.75, 3.05) is 13.1 Å². The van der Waals surface area contributed by atoms with Crippen LogP contribution >= 0.6 is 15.9 Å². The predicted octanol–water partition coefficient (Wildman–Crippen LogP) is 2.75. The first-order chi connectivity index (χ1) is 11.0. The lowest BCUT2D eigenvalue weighted by Gasteiger charge is -2.21.